The number of imidazole rings is 1. The van der Waals surface area contributed by atoms with Crippen molar-refractivity contribution in [3.63, 3.8) is 0 Å². The van der Waals surface area contributed by atoms with Gasteiger partial charge in [0.05, 0.1) is 11.4 Å². The van der Waals surface area contributed by atoms with E-state index in [9.17, 15) is 4.79 Å². The zero-order valence-corrected chi connectivity index (χ0v) is 11.4. The van der Waals surface area contributed by atoms with Crippen molar-refractivity contribution in [2.45, 2.75) is 25.2 Å². The largest absolute Gasteiger partial charge is 0.459 e. The Morgan fingerprint density at radius 2 is 2.21 bits per heavy atom. The van der Waals surface area contributed by atoms with Crippen molar-refractivity contribution in [1.82, 2.24) is 9.55 Å². The van der Waals surface area contributed by atoms with Crippen LogP contribution in [0.4, 0.5) is 0 Å². The van der Waals surface area contributed by atoms with Crippen molar-refractivity contribution in [3.05, 3.63) is 36.0 Å². The number of thioether (sulfide) groups is 1. The summed E-state index contributed by atoms with van der Waals surface area (Å²) in [6.45, 7) is 2.64. The lowest BCUT2D eigenvalue weighted by Crippen LogP contribution is -2.06. The number of rotatable bonds is 3. The molecule has 4 nitrogen and oxygen atoms in total. The van der Waals surface area contributed by atoms with Gasteiger partial charge >= 0.3 is 5.97 Å². The number of hydrogen-bond acceptors (Lipinski definition) is 4. The van der Waals surface area contributed by atoms with Gasteiger partial charge in [0.2, 0.25) is 0 Å². The van der Waals surface area contributed by atoms with Gasteiger partial charge in [-0.3, -0.25) is 4.79 Å². The van der Waals surface area contributed by atoms with Crippen LogP contribution in [0.2, 0.25) is 0 Å². The molecule has 0 atom stereocenters. The zero-order valence-electron chi connectivity index (χ0n) is 10.6. The van der Waals surface area contributed by atoms with E-state index in [2.05, 4.69) is 9.55 Å². The van der Waals surface area contributed by atoms with E-state index in [0.717, 1.165) is 34.4 Å². The Labute approximate surface area is 115 Å². The van der Waals surface area contributed by atoms with Gasteiger partial charge in [0.15, 0.2) is 5.16 Å². The third-order valence-corrected chi connectivity index (χ3v) is 4.00. The molecule has 0 fully saturated rings. The first-order chi connectivity index (χ1) is 9.25. The van der Waals surface area contributed by atoms with Crippen LogP contribution in [0.5, 0.6) is 0 Å². The molecule has 0 radical (unpaired) electrons. The van der Waals surface area contributed by atoms with E-state index < -0.39 is 0 Å². The van der Waals surface area contributed by atoms with Gasteiger partial charge in [0.1, 0.15) is 6.61 Å². The van der Waals surface area contributed by atoms with Crippen molar-refractivity contribution >= 4 is 17.7 Å². The lowest BCUT2D eigenvalue weighted by Gasteiger charge is -2.07. The molecule has 0 saturated carbocycles. The second kappa shape index (κ2) is 5.09. The summed E-state index contributed by atoms with van der Waals surface area (Å²) in [5.74, 6) is 0.769. The SMILES string of the molecule is CC(=O)OCc1c(-c2ccccc2)nc2n1CCS2. The van der Waals surface area contributed by atoms with Crippen LogP contribution in [0.25, 0.3) is 11.3 Å². The third kappa shape index (κ3) is 2.38. The van der Waals surface area contributed by atoms with Crippen molar-refractivity contribution in [2.75, 3.05) is 5.75 Å². The monoisotopic (exact) mass is 274 g/mol. The molecule has 2 aromatic rings. The smallest absolute Gasteiger partial charge is 0.303 e. The molecule has 0 aliphatic carbocycles. The molecule has 0 unspecified atom stereocenters. The van der Waals surface area contributed by atoms with Crippen molar-refractivity contribution < 1.29 is 9.53 Å². The Bertz CT molecular complexity index is 607. The summed E-state index contributed by atoms with van der Waals surface area (Å²) in [6, 6.07) is 10.0. The maximum absolute atomic E-state index is 11.0. The minimum absolute atomic E-state index is 0.264. The van der Waals surface area contributed by atoms with E-state index in [4.69, 9.17) is 4.74 Å². The Morgan fingerprint density at radius 3 is 2.95 bits per heavy atom. The fraction of sp³-hybridized carbons (Fsp3) is 0.286. The van der Waals surface area contributed by atoms with Crippen LogP contribution in [-0.4, -0.2) is 21.3 Å². The van der Waals surface area contributed by atoms with E-state index >= 15 is 0 Å². The number of carbonyl (C=O) groups is 1. The molecular weight excluding hydrogens is 260 g/mol. The van der Waals surface area contributed by atoms with Crippen LogP contribution >= 0.6 is 11.8 Å². The lowest BCUT2D eigenvalue weighted by atomic mass is 10.1. The summed E-state index contributed by atoms with van der Waals surface area (Å²) in [5.41, 5.74) is 2.97. The average Bonchev–Trinajstić information content (AvgIpc) is 2.98. The van der Waals surface area contributed by atoms with Crippen molar-refractivity contribution in [1.29, 1.82) is 0 Å². The summed E-state index contributed by atoms with van der Waals surface area (Å²) in [6.07, 6.45) is 0. The summed E-state index contributed by atoms with van der Waals surface area (Å²) in [5, 5.41) is 1.01. The van der Waals surface area contributed by atoms with E-state index in [-0.39, 0.29) is 12.6 Å². The molecule has 1 aromatic heterocycles. The Morgan fingerprint density at radius 1 is 1.42 bits per heavy atom. The fourth-order valence-electron chi connectivity index (χ4n) is 2.18. The lowest BCUT2D eigenvalue weighted by molar-refractivity contribution is -0.142. The topological polar surface area (TPSA) is 44.1 Å². The Balaban J connectivity index is 2.02. The Kier molecular flexibility index (Phi) is 3.29. The van der Waals surface area contributed by atoms with Crippen LogP contribution in [0.15, 0.2) is 35.5 Å². The number of ether oxygens (including phenoxy) is 1. The first-order valence-electron chi connectivity index (χ1n) is 6.16. The molecule has 1 aliphatic rings. The standard InChI is InChI=1S/C14H14N2O2S/c1-10(17)18-9-12-13(11-5-3-2-4-6-11)15-14-16(12)7-8-19-14/h2-6H,7-9H2,1H3. The summed E-state index contributed by atoms with van der Waals surface area (Å²) in [4.78, 5) is 15.7. The minimum atomic E-state index is -0.264. The van der Waals surface area contributed by atoms with Gasteiger partial charge in [-0.05, 0) is 0 Å². The first kappa shape index (κ1) is 12.3. The third-order valence-electron chi connectivity index (χ3n) is 3.04. The first-order valence-corrected chi connectivity index (χ1v) is 7.15. The predicted octanol–water partition coefficient (Wildman–Crippen LogP) is 2.72. The van der Waals surface area contributed by atoms with Gasteiger partial charge < -0.3 is 9.30 Å². The van der Waals surface area contributed by atoms with Gasteiger partial charge in [0, 0.05) is 24.8 Å². The minimum Gasteiger partial charge on any atom is -0.459 e. The van der Waals surface area contributed by atoms with E-state index in [0.29, 0.717) is 0 Å². The molecule has 5 heteroatoms. The van der Waals surface area contributed by atoms with Crippen molar-refractivity contribution in [3.8, 4) is 11.3 Å². The fourth-order valence-corrected chi connectivity index (χ4v) is 3.15. The molecule has 2 heterocycles. The molecule has 0 saturated heterocycles. The second-order valence-electron chi connectivity index (χ2n) is 4.34. The molecule has 0 N–H and O–H groups in total. The number of nitrogens with zero attached hydrogens (tertiary/aromatic N) is 2. The summed E-state index contributed by atoms with van der Waals surface area (Å²) >= 11 is 1.74. The molecule has 1 aromatic carbocycles. The molecular formula is C14H14N2O2S. The quantitative estimate of drug-likeness (QED) is 0.807. The molecule has 98 valence electrons. The maximum atomic E-state index is 11.0. The van der Waals surface area contributed by atoms with Gasteiger partial charge in [-0.15, -0.1) is 0 Å². The number of fused-ring (bicyclic) bond motifs is 1. The van der Waals surface area contributed by atoms with Gasteiger partial charge in [0.25, 0.3) is 0 Å². The molecule has 0 amide bonds. The predicted molar refractivity (Wildman–Crippen MR) is 73.9 cm³/mol. The van der Waals surface area contributed by atoms with Crippen LogP contribution in [-0.2, 0) is 22.7 Å². The molecule has 3 rings (SSSR count). The number of carbonyl (C=O) groups excluding carboxylic acids is 1. The van der Waals surface area contributed by atoms with E-state index in [1.54, 1.807) is 11.8 Å². The molecule has 1 aliphatic heterocycles. The number of esters is 1. The van der Waals surface area contributed by atoms with E-state index in [1.807, 2.05) is 30.3 Å². The molecule has 0 spiro atoms. The highest BCUT2D eigenvalue weighted by Crippen LogP contribution is 2.33. The van der Waals surface area contributed by atoms with Gasteiger partial charge in [-0.25, -0.2) is 4.98 Å². The Hall–Kier alpha value is -1.75. The maximum Gasteiger partial charge on any atom is 0.303 e. The van der Waals surface area contributed by atoms with Gasteiger partial charge in [-0.2, -0.15) is 0 Å². The van der Waals surface area contributed by atoms with Crippen LogP contribution in [0.3, 0.4) is 0 Å². The second-order valence-corrected chi connectivity index (χ2v) is 5.40. The number of aromatic nitrogens is 2. The van der Waals surface area contributed by atoms with Crippen LogP contribution in [0, 0.1) is 0 Å². The normalized spacial score (nSPS) is 13.3. The van der Waals surface area contributed by atoms with E-state index in [1.165, 1.54) is 6.92 Å². The molecule has 19 heavy (non-hydrogen) atoms. The highest BCUT2D eigenvalue weighted by molar-refractivity contribution is 7.99. The number of hydrogen-bond donors (Lipinski definition) is 0. The zero-order chi connectivity index (χ0) is 13.2. The molecule has 0 bridgehead atoms. The number of benzene rings is 1. The average molecular weight is 274 g/mol. The van der Waals surface area contributed by atoms with Crippen LogP contribution < -0.4 is 0 Å². The summed E-state index contributed by atoms with van der Waals surface area (Å²) < 4.78 is 7.31. The van der Waals surface area contributed by atoms with Gasteiger partial charge in [-0.1, -0.05) is 42.1 Å². The van der Waals surface area contributed by atoms with Crippen LogP contribution in [0.1, 0.15) is 12.6 Å². The highest BCUT2D eigenvalue weighted by Gasteiger charge is 2.22. The van der Waals surface area contributed by atoms with Crippen molar-refractivity contribution in [2.24, 2.45) is 0 Å². The highest BCUT2D eigenvalue weighted by atomic mass is 32.2. The summed E-state index contributed by atoms with van der Waals surface area (Å²) in [7, 11) is 0.